The quantitative estimate of drug-likeness (QED) is 0.827. The first-order chi connectivity index (χ1) is 6.94. The largest absolute Gasteiger partial charge is 0.487 e. The molecule has 80 valence electrons. The molecule has 0 aliphatic carbocycles. The fourth-order valence-corrected chi connectivity index (χ4v) is 0.852. The molecule has 0 heterocycles. The normalized spacial score (nSPS) is 14.1. The van der Waals surface area contributed by atoms with E-state index in [1.807, 2.05) is 0 Å². The van der Waals surface area contributed by atoms with Gasteiger partial charge in [-0.1, -0.05) is 0 Å². The number of nitrogens with two attached hydrogens (primary N) is 1. The molecule has 1 unspecified atom stereocenters. The number of rotatable bonds is 3. The molecule has 0 spiro atoms. The van der Waals surface area contributed by atoms with Gasteiger partial charge in [0, 0.05) is 6.07 Å². The highest BCUT2D eigenvalue weighted by Crippen LogP contribution is 2.18. The molecule has 1 atom stereocenters. The van der Waals surface area contributed by atoms with E-state index in [0.717, 1.165) is 12.1 Å². The molecule has 0 bridgehead atoms. The van der Waals surface area contributed by atoms with Gasteiger partial charge in [-0.3, -0.25) is 0 Å². The average molecular weight is 212 g/mol. The number of benzene rings is 1. The van der Waals surface area contributed by atoms with Crippen molar-refractivity contribution in [3.8, 4) is 11.8 Å². The highest BCUT2D eigenvalue weighted by molar-refractivity contribution is 5.25. The maximum absolute atomic E-state index is 13.0. The van der Waals surface area contributed by atoms with Gasteiger partial charge >= 0.3 is 0 Å². The van der Waals surface area contributed by atoms with Crippen molar-refractivity contribution in [3.05, 3.63) is 29.8 Å². The van der Waals surface area contributed by atoms with E-state index in [4.69, 9.17) is 15.7 Å². The fraction of sp³-hybridized carbons (Fsp3) is 0.300. The number of nitrogens with zero attached hydrogens (tertiary/aromatic N) is 1. The number of nitriles is 1. The van der Waals surface area contributed by atoms with Crippen LogP contribution in [-0.2, 0) is 0 Å². The molecule has 0 amide bonds. The van der Waals surface area contributed by atoms with Crippen LogP contribution in [0.1, 0.15) is 6.92 Å². The van der Waals surface area contributed by atoms with E-state index < -0.39 is 17.2 Å². The SMILES string of the molecule is CC(N)(C#N)COc1ccc(F)cc1F. The topological polar surface area (TPSA) is 59.0 Å². The van der Waals surface area contributed by atoms with Crippen LogP contribution in [-0.4, -0.2) is 12.1 Å². The van der Waals surface area contributed by atoms with Crippen molar-refractivity contribution in [2.24, 2.45) is 5.73 Å². The monoisotopic (exact) mass is 212 g/mol. The van der Waals surface area contributed by atoms with Crippen LogP contribution < -0.4 is 10.5 Å². The highest BCUT2D eigenvalue weighted by Gasteiger charge is 2.19. The van der Waals surface area contributed by atoms with Crippen LogP contribution >= 0.6 is 0 Å². The van der Waals surface area contributed by atoms with Crippen molar-refractivity contribution in [1.29, 1.82) is 5.26 Å². The van der Waals surface area contributed by atoms with Crippen molar-refractivity contribution < 1.29 is 13.5 Å². The third-order valence-electron chi connectivity index (χ3n) is 1.68. The number of halogens is 2. The molecule has 0 radical (unpaired) electrons. The molecule has 3 nitrogen and oxygen atoms in total. The summed E-state index contributed by atoms with van der Waals surface area (Å²) >= 11 is 0. The van der Waals surface area contributed by atoms with Gasteiger partial charge in [0.15, 0.2) is 11.6 Å². The predicted octanol–water partition coefficient (Wildman–Crippen LogP) is 1.58. The summed E-state index contributed by atoms with van der Waals surface area (Å²) in [6, 6.07) is 4.72. The first kappa shape index (κ1) is 11.4. The smallest absolute Gasteiger partial charge is 0.167 e. The van der Waals surface area contributed by atoms with Gasteiger partial charge in [-0.25, -0.2) is 8.78 Å². The van der Waals surface area contributed by atoms with E-state index in [2.05, 4.69) is 0 Å². The van der Waals surface area contributed by atoms with Crippen LogP contribution in [0.5, 0.6) is 5.75 Å². The highest BCUT2D eigenvalue weighted by atomic mass is 19.1. The molecule has 0 aliphatic rings. The number of ether oxygens (including phenoxy) is 1. The van der Waals surface area contributed by atoms with Crippen molar-refractivity contribution in [2.75, 3.05) is 6.61 Å². The van der Waals surface area contributed by atoms with Crippen LogP contribution in [0, 0.1) is 23.0 Å². The summed E-state index contributed by atoms with van der Waals surface area (Å²) in [5.74, 6) is -1.62. The number of hydrogen-bond acceptors (Lipinski definition) is 3. The van der Waals surface area contributed by atoms with Crippen LogP contribution in [0.4, 0.5) is 8.78 Å². The van der Waals surface area contributed by atoms with Crippen molar-refractivity contribution in [2.45, 2.75) is 12.5 Å². The lowest BCUT2D eigenvalue weighted by molar-refractivity contribution is 0.253. The van der Waals surface area contributed by atoms with E-state index >= 15 is 0 Å². The van der Waals surface area contributed by atoms with E-state index in [-0.39, 0.29) is 12.4 Å². The third-order valence-corrected chi connectivity index (χ3v) is 1.68. The zero-order chi connectivity index (χ0) is 11.5. The Morgan fingerprint density at radius 3 is 2.73 bits per heavy atom. The Bertz CT molecular complexity index is 399. The predicted molar refractivity (Wildman–Crippen MR) is 50.1 cm³/mol. The average Bonchev–Trinajstić information content (AvgIpc) is 2.16. The fourth-order valence-electron chi connectivity index (χ4n) is 0.852. The molecule has 0 aromatic heterocycles. The molecule has 0 fully saturated rings. The summed E-state index contributed by atoms with van der Waals surface area (Å²) < 4.78 is 30.5. The van der Waals surface area contributed by atoms with Crippen LogP contribution in [0.25, 0.3) is 0 Å². The molecule has 0 aliphatic heterocycles. The molecular formula is C10H10F2N2O. The second kappa shape index (κ2) is 4.24. The lowest BCUT2D eigenvalue weighted by Crippen LogP contribution is -2.40. The van der Waals surface area contributed by atoms with Gasteiger partial charge in [-0.15, -0.1) is 0 Å². The van der Waals surface area contributed by atoms with Crippen molar-refractivity contribution >= 4 is 0 Å². The summed E-state index contributed by atoms with van der Waals surface area (Å²) in [7, 11) is 0. The summed E-state index contributed by atoms with van der Waals surface area (Å²) in [6.07, 6.45) is 0. The van der Waals surface area contributed by atoms with E-state index in [0.29, 0.717) is 6.07 Å². The lowest BCUT2D eigenvalue weighted by atomic mass is 10.1. The zero-order valence-corrected chi connectivity index (χ0v) is 8.13. The maximum atomic E-state index is 13.0. The molecule has 15 heavy (non-hydrogen) atoms. The van der Waals surface area contributed by atoms with Gasteiger partial charge in [-0.05, 0) is 19.1 Å². The maximum Gasteiger partial charge on any atom is 0.167 e. The molecular weight excluding hydrogens is 202 g/mol. The van der Waals surface area contributed by atoms with Gasteiger partial charge in [0.1, 0.15) is 18.0 Å². The Morgan fingerprint density at radius 2 is 2.20 bits per heavy atom. The minimum Gasteiger partial charge on any atom is -0.487 e. The molecule has 0 saturated heterocycles. The zero-order valence-electron chi connectivity index (χ0n) is 8.13. The standard InChI is InChI=1S/C10H10F2N2O/c1-10(14,5-13)6-15-9-3-2-7(11)4-8(9)12/h2-4H,6,14H2,1H3. The van der Waals surface area contributed by atoms with Gasteiger partial charge in [0.25, 0.3) is 0 Å². The van der Waals surface area contributed by atoms with Gasteiger partial charge in [-0.2, -0.15) is 5.26 Å². The van der Waals surface area contributed by atoms with Gasteiger partial charge in [0.2, 0.25) is 0 Å². The van der Waals surface area contributed by atoms with Crippen LogP contribution in [0.15, 0.2) is 18.2 Å². The molecule has 1 rings (SSSR count). The Labute approximate surface area is 86.1 Å². The second-order valence-corrected chi connectivity index (χ2v) is 3.39. The number of hydrogen-bond donors (Lipinski definition) is 1. The second-order valence-electron chi connectivity index (χ2n) is 3.39. The van der Waals surface area contributed by atoms with Gasteiger partial charge in [0.05, 0.1) is 6.07 Å². The van der Waals surface area contributed by atoms with E-state index in [9.17, 15) is 8.78 Å². The Morgan fingerprint density at radius 1 is 1.53 bits per heavy atom. The minimum absolute atomic E-state index is 0.122. The Balaban J connectivity index is 2.71. The van der Waals surface area contributed by atoms with Gasteiger partial charge < -0.3 is 10.5 Å². The molecule has 0 saturated carbocycles. The summed E-state index contributed by atoms with van der Waals surface area (Å²) in [5, 5.41) is 8.58. The van der Waals surface area contributed by atoms with Crippen molar-refractivity contribution in [3.63, 3.8) is 0 Å². The summed E-state index contributed by atoms with van der Waals surface area (Å²) in [6.45, 7) is 1.29. The lowest BCUT2D eigenvalue weighted by Gasteiger charge is -2.16. The van der Waals surface area contributed by atoms with Crippen LogP contribution in [0.2, 0.25) is 0 Å². The van der Waals surface area contributed by atoms with E-state index in [1.54, 1.807) is 6.07 Å². The molecule has 1 aromatic carbocycles. The first-order valence-electron chi connectivity index (χ1n) is 4.22. The van der Waals surface area contributed by atoms with Crippen LogP contribution in [0.3, 0.4) is 0 Å². The molecule has 2 N–H and O–H groups in total. The summed E-state index contributed by atoms with van der Waals surface area (Å²) in [4.78, 5) is 0. The molecule has 1 aromatic rings. The van der Waals surface area contributed by atoms with E-state index in [1.165, 1.54) is 6.92 Å². The Hall–Kier alpha value is -1.67. The minimum atomic E-state index is -1.19. The summed E-state index contributed by atoms with van der Waals surface area (Å²) in [5.41, 5.74) is 4.27. The first-order valence-corrected chi connectivity index (χ1v) is 4.22. The molecule has 5 heteroatoms. The van der Waals surface area contributed by atoms with Crippen molar-refractivity contribution in [1.82, 2.24) is 0 Å². The third kappa shape index (κ3) is 3.18. The Kier molecular flexibility index (Phi) is 3.22.